The summed E-state index contributed by atoms with van der Waals surface area (Å²) in [6, 6.07) is 9.24. The Labute approximate surface area is 142 Å². The zero-order chi connectivity index (χ0) is 17.8. The van der Waals surface area contributed by atoms with Crippen LogP contribution in [0.3, 0.4) is 0 Å². The van der Waals surface area contributed by atoms with Gasteiger partial charge in [0.15, 0.2) is 0 Å². The summed E-state index contributed by atoms with van der Waals surface area (Å²) in [5, 5.41) is 12.0. The van der Waals surface area contributed by atoms with Crippen molar-refractivity contribution in [3.8, 4) is 0 Å². The Morgan fingerprint density at radius 1 is 1.25 bits per heavy atom. The van der Waals surface area contributed by atoms with Crippen LogP contribution in [-0.4, -0.2) is 44.0 Å². The summed E-state index contributed by atoms with van der Waals surface area (Å²) in [6.45, 7) is 0.0397. The molecule has 0 spiro atoms. The van der Waals surface area contributed by atoms with Crippen LogP contribution in [0.2, 0.25) is 0 Å². The highest BCUT2D eigenvalue weighted by Gasteiger charge is 2.46. The molecule has 132 valence electrons. The molecule has 1 aromatic rings. The molecule has 24 heavy (non-hydrogen) atoms. The van der Waals surface area contributed by atoms with Gasteiger partial charge < -0.3 is 10.4 Å². The zero-order valence-corrected chi connectivity index (χ0v) is 14.5. The van der Waals surface area contributed by atoms with E-state index in [1.54, 1.807) is 0 Å². The third kappa shape index (κ3) is 5.96. The summed E-state index contributed by atoms with van der Waals surface area (Å²) >= 11 is 0. The van der Waals surface area contributed by atoms with Crippen molar-refractivity contribution < 1.29 is 23.1 Å². The molecule has 0 saturated heterocycles. The fourth-order valence-electron chi connectivity index (χ4n) is 2.89. The van der Waals surface area contributed by atoms with E-state index in [0.29, 0.717) is 6.42 Å². The first-order valence-corrected chi connectivity index (χ1v) is 9.96. The molecule has 2 rings (SSSR count). The van der Waals surface area contributed by atoms with Crippen LogP contribution in [0.1, 0.15) is 24.8 Å². The zero-order valence-electron chi connectivity index (χ0n) is 13.7. The van der Waals surface area contributed by atoms with Crippen LogP contribution in [0.25, 0.3) is 0 Å². The second kappa shape index (κ2) is 7.34. The Morgan fingerprint density at radius 2 is 1.88 bits per heavy atom. The van der Waals surface area contributed by atoms with Gasteiger partial charge in [0.2, 0.25) is 5.91 Å². The largest absolute Gasteiger partial charge is 0.481 e. The number of carboxylic acid groups (broad SMARTS) is 1. The van der Waals surface area contributed by atoms with Crippen molar-refractivity contribution in [1.82, 2.24) is 5.32 Å². The van der Waals surface area contributed by atoms with Crippen LogP contribution in [0, 0.1) is 11.3 Å². The Morgan fingerprint density at radius 3 is 2.38 bits per heavy atom. The molecule has 1 atom stereocenters. The van der Waals surface area contributed by atoms with E-state index in [0.717, 1.165) is 18.4 Å². The Kier molecular flexibility index (Phi) is 5.64. The van der Waals surface area contributed by atoms with Crippen LogP contribution in [-0.2, 0) is 25.8 Å². The molecule has 1 aliphatic rings. The second-order valence-corrected chi connectivity index (χ2v) is 8.92. The Balaban J connectivity index is 1.86. The molecule has 1 aliphatic carbocycles. The van der Waals surface area contributed by atoms with Gasteiger partial charge in [-0.1, -0.05) is 30.3 Å². The second-order valence-electron chi connectivity index (χ2n) is 6.78. The van der Waals surface area contributed by atoms with E-state index in [4.69, 9.17) is 0 Å². The first kappa shape index (κ1) is 18.4. The Hall–Kier alpha value is -1.89. The van der Waals surface area contributed by atoms with Crippen LogP contribution in [0.5, 0.6) is 0 Å². The van der Waals surface area contributed by atoms with E-state index in [2.05, 4.69) is 5.32 Å². The van der Waals surface area contributed by atoms with Crippen molar-refractivity contribution >= 4 is 21.7 Å². The average Bonchev–Trinajstić information content (AvgIpc) is 3.21. The van der Waals surface area contributed by atoms with Gasteiger partial charge in [-0.25, -0.2) is 8.42 Å². The van der Waals surface area contributed by atoms with E-state index in [1.165, 1.54) is 6.26 Å². The number of rotatable bonds is 9. The van der Waals surface area contributed by atoms with Crippen LogP contribution in [0.15, 0.2) is 30.3 Å². The molecule has 1 aromatic carbocycles. The smallest absolute Gasteiger partial charge is 0.308 e. The number of carbonyl (C=O) groups is 2. The summed E-state index contributed by atoms with van der Waals surface area (Å²) in [6.07, 6.45) is 3.09. The number of benzene rings is 1. The summed E-state index contributed by atoms with van der Waals surface area (Å²) < 4.78 is 22.8. The lowest BCUT2D eigenvalue weighted by atomic mass is 9.99. The molecule has 0 bridgehead atoms. The number of sulfone groups is 1. The molecular weight excluding hydrogens is 330 g/mol. The number of hydrogen-bond donors (Lipinski definition) is 2. The molecule has 7 heteroatoms. The van der Waals surface area contributed by atoms with E-state index in [1.807, 2.05) is 30.3 Å². The third-order valence-electron chi connectivity index (χ3n) is 4.28. The molecule has 1 amide bonds. The molecule has 0 heterocycles. The van der Waals surface area contributed by atoms with Crippen molar-refractivity contribution in [3.63, 3.8) is 0 Å². The summed E-state index contributed by atoms with van der Waals surface area (Å²) in [4.78, 5) is 23.4. The van der Waals surface area contributed by atoms with Crippen molar-refractivity contribution in [3.05, 3.63) is 35.9 Å². The van der Waals surface area contributed by atoms with Gasteiger partial charge in [0.05, 0.1) is 11.7 Å². The van der Waals surface area contributed by atoms with E-state index in [9.17, 15) is 23.1 Å². The fourth-order valence-corrected chi connectivity index (χ4v) is 4.39. The van der Waals surface area contributed by atoms with E-state index in [-0.39, 0.29) is 24.6 Å². The van der Waals surface area contributed by atoms with Gasteiger partial charge in [-0.3, -0.25) is 9.59 Å². The van der Waals surface area contributed by atoms with Gasteiger partial charge >= 0.3 is 5.97 Å². The summed E-state index contributed by atoms with van der Waals surface area (Å²) in [7, 11) is -3.12. The van der Waals surface area contributed by atoms with Crippen molar-refractivity contribution in [2.24, 2.45) is 11.3 Å². The number of nitrogens with one attached hydrogen (secondary N) is 1. The number of carboxylic acids is 1. The highest BCUT2D eigenvalue weighted by Crippen LogP contribution is 2.49. The van der Waals surface area contributed by atoms with E-state index < -0.39 is 27.1 Å². The monoisotopic (exact) mass is 353 g/mol. The lowest BCUT2D eigenvalue weighted by molar-refractivity contribution is -0.141. The lowest BCUT2D eigenvalue weighted by Gasteiger charge is -2.16. The Bertz CT molecular complexity index is 695. The number of aliphatic carboxylic acids is 1. The predicted molar refractivity (Wildman–Crippen MR) is 90.3 cm³/mol. The molecule has 6 nitrogen and oxygen atoms in total. The maximum absolute atomic E-state index is 12.1. The van der Waals surface area contributed by atoms with Crippen LogP contribution >= 0.6 is 0 Å². The molecule has 2 N–H and O–H groups in total. The van der Waals surface area contributed by atoms with Gasteiger partial charge in [-0.2, -0.15) is 0 Å². The third-order valence-corrected chi connectivity index (χ3v) is 5.42. The molecule has 0 aromatic heterocycles. The van der Waals surface area contributed by atoms with Crippen LogP contribution < -0.4 is 5.32 Å². The molecule has 0 aliphatic heterocycles. The van der Waals surface area contributed by atoms with Gasteiger partial charge in [-0.05, 0) is 30.2 Å². The average molecular weight is 353 g/mol. The molecule has 0 radical (unpaired) electrons. The van der Waals surface area contributed by atoms with Gasteiger partial charge in [0, 0.05) is 19.2 Å². The van der Waals surface area contributed by atoms with Gasteiger partial charge in [0.1, 0.15) is 9.84 Å². The highest BCUT2D eigenvalue weighted by atomic mass is 32.2. The molecule has 1 saturated carbocycles. The van der Waals surface area contributed by atoms with Crippen molar-refractivity contribution in [2.75, 3.05) is 18.6 Å². The minimum Gasteiger partial charge on any atom is -0.481 e. The molecule has 1 fully saturated rings. The number of hydrogen-bond acceptors (Lipinski definition) is 4. The summed E-state index contributed by atoms with van der Waals surface area (Å²) in [5.41, 5.74) is 0.449. The fraction of sp³-hybridized carbons (Fsp3) is 0.529. The lowest BCUT2D eigenvalue weighted by Crippen LogP contribution is -2.36. The maximum Gasteiger partial charge on any atom is 0.308 e. The van der Waals surface area contributed by atoms with Gasteiger partial charge in [0.25, 0.3) is 0 Å². The normalized spacial score (nSPS) is 17.0. The van der Waals surface area contributed by atoms with Crippen LogP contribution in [0.4, 0.5) is 0 Å². The first-order chi connectivity index (χ1) is 11.2. The van der Waals surface area contributed by atoms with Crippen molar-refractivity contribution in [2.45, 2.75) is 25.7 Å². The van der Waals surface area contributed by atoms with E-state index >= 15 is 0 Å². The maximum atomic E-state index is 12.1. The first-order valence-electron chi connectivity index (χ1n) is 7.90. The standard InChI is InChI=1S/C17H23NO5S/c1-24(22,23)12-17(7-8-17)10-15(19)18-11-14(16(20)21)9-13-5-3-2-4-6-13/h2-6,14H,7-12H2,1H3,(H,18,19)(H,20,21). The molecular formula is C17H23NO5S. The topological polar surface area (TPSA) is 101 Å². The minimum atomic E-state index is -3.12. The predicted octanol–water partition coefficient (Wildman–Crippen LogP) is 1.26. The quantitative estimate of drug-likeness (QED) is 0.696. The van der Waals surface area contributed by atoms with Gasteiger partial charge in [-0.15, -0.1) is 0 Å². The highest BCUT2D eigenvalue weighted by molar-refractivity contribution is 7.90. The minimum absolute atomic E-state index is 0.0137. The molecule has 1 unspecified atom stereocenters. The summed E-state index contributed by atoms with van der Waals surface area (Å²) in [5.74, 6) is -1.94. The number of amides is 1. The van der Waals surface area contributed by atoms with Crippen molar-refractivity contribution in [1.29, 1.82) is 0 Å². The SMILES string of the molecule is CS(=O)(=O)CC1(CC(=O)NCC(Cc2ccccc2)C(=O)O)CC1. The number of carbonyl (C=O) groups excluding carboxylic acids is 1.